The summed E-state index contributed by atoms with van der Waals surface area (Å²) in [6.07, 6.45) is 4.89. The average Bonchev–Trinajstić information content (AvgIpc) is 1.69. The Labute approximate surface area is 47.8 Å². The third-order valence-corrected chi connectivity index (χ3v) is 1.12. The Morgan fingerprint density at radius 2 is 2.14 bits per heavy atom. The van der Waals surface area contributed by atoms with E-state index in [2.05, 4.69) is 21.2 Å². The summed E-state index contributed by atoms with van der Waals surface area (Å²) in [5.41, 5.74) is 2.80. The van der Waals surface area contributed by atoms with Gasteiger partial charge < -0.3 is 0 Å². The van der Waals surface area contributed by atoms with Crippen molar-refractivity contribution >= 4 is 8.70 Å². The molecule has 0 aromatic carbocycles. The molecule has 0 saturated carbocycles. The molecule has 0 nitrogen and oxygen atoms in total. The van der Waals surface area contributed by atoms with E-state index < -0.39 is 0 Å². The first-order valence-corrected chi connectivity index (χ1v) is 3.23. The third kappa shape index (κ3) is 6.21. The van der Waals surface area contributed by atoms with Gasteiger partial charge in [-0.3, -0.25) is 0 Å². The number of unbranched alkanes of at least 4 members (excludes halogenated alkanes) is 3. The second-order valence-electron chi connectivity index (χ2n) is 1.62. The van der Waals surface area contributed by atoms with Crippen LogP contribution in [0.15, 0.2) is 0 Å². The molecule has 0 aromatic rings. The molecular weight excluding hydrogens is 103 g/mol. The minimum atomic E-state index is 1.04. The molecule has 0 aliphatic rings. The second-order valence-corrected chi connectivity index (χ2v) is 1.93. The molecule has 0 unspecified atom stereocenters. The van der Waals surface area contributed by atoms with E-state index in [1.807, 2.05) is 0 Å². The molecule has 0 atom stereocenters. The molecule has 0 N–H and O–H groups in total. The van der Waals surface area contributed by atoms with Gasteiger partial charge in [-0.15, -0.1) is 0 Å². The Bertz CT molecular complexity index is 61.1. The fraction of sp³-hybridized carbons (Fsp3) is 0.833. The second kappa shape index (κ2) is 6.21. The molecule has 0 fully saturated rings. The zero-order valence-electron chi connectivity index (χ0n) is 4.78. The van der Waals surface area contributed by atoms with Gasteiger partial charge in [-0.05, 0) is 0 Å². The molecular formula is C6H11P. The minimum absolute atomic E-state index is 1.04. The fourth-order valence-electron chi connectivity index (χ4n) is 0.454. The van der Waals surface area contributed by atoms with E-state index in [1.165, 1.54) is 19.3 Å². The predicted octanol–water partition coefficient (Wildman–Crippen LogP) is 2.94. The topological polar surface area (TPSA) is 0 Å². The first-order chi connectivity index (χ1) is 3.41. The van der Waals surface area contributed by atoms with Crippen molar-refractivity contribution < 1.29 is 0 Å². The summed E-state index contributed by atoms with van der Waals surface area (Å²) in [7, 11) is 3.84. The molecule has 7 heavy (non-hydrogen) atoms. The Balaban J connectivity index is 2.60. The van der Waals surface area contributed by atoms with Crippen molar-refractivity contribution in [2.45, 2.75) is 32.6 Å². The van der Waals surface area contributed by atoms with Crippen molar-refractivity contribution in [3.8, 4) is 5.63 Å². The number of hydrogen-bond acceptors (Lipinski definition) is 0. The first-order valence-electron chi connectivity index (χ1n) is 2.78. The maximum absolute atomic E-state index is 3.84. The zero-order chi connectivity index (χ0) is 5.54. The fourth-order valence-corrected chi connectivity index (χ4v) is 0.612. The molecule has 0 heterocycles. The van der Waals surface area contributed by atoms with Crippen molar-refractivity contribution in [3.05, 3.63) is 0 Å². The average molecular weight is 114 g/mol. The monoisotopic (exact) mass is 114 g/mol. The summed E-state index contributed by atoms with van der Waals surface area (Å²) in [5.74, 6) is 0. The van der Waals surface area contributed by atoms with Crippen molar-refractivity contribution in [3.63, 3.8) is 0 Å². The van der Waals surface area contributed by atoms with Crippen LogP contribution in [0.3, 0.4) is 0 Å². The molecule has 0 aliphatic heterocycles. The Kier molecular flexibility index (Phi) is 6.40. The summed E-state index contributed by atoms with van der Waals surface area (Å²) >= 11 is 0. The van der Waals surface area contributed by atoms with Gasteiger partial charge in [0, 0.05) is 0 Å². The molecule has 0 aromatic heterocycles. The molecule has 40 valence electrons. The van der Waals surface area contributed by atoms with Gasteiger partial charge in [-0.1, -0.05) is 0 Å². The van der Waals surface area contributed by atoms with Crippen LogP contribution in [0.4, 0.5) is 0 Å². The van der Waals surface area contributed by atoms with Crippen molar-refractivity contribution in [1.29, 1.82) is 0 Å². The molecule has 0 saturated heterocycles. The van der Waals surface area contributed by atoms with Crippen molar-refractivity contribution in [2.75, 3.05) is 0 Å². The van der Waals surface area contributed by atoms with E-state index in [0.717, 1.165) is 6.42 Å². The third-order valence-electron chi connectivity index (χ3n) is 0.892. The van der Waals surface area contributed by atoms with Gasteiger partial charge in [0.25, 0.3) is 0 Å². The van der Waals surface area contributed by atoms with E-state index in [1.54, 1.807) is 0 Å². The maximum atomic E-state index is 3.84. The van der Waals surface area contributed by atoms with Crippen LogP contribution >= 0.6 is 8.70 Å². The van der Waals surface area contributed by atoms with Gasteiger partial charge in [0.05, 0.1) is 0 Å². The predicted molar refractivity (Wildman–Crippen MR) is 34.9 cm³/mol. The normalized spacial score (nSPS) is 8.00. The Hall–Kier alpha value is 0.210. The van der Waals surface area contributed by atoms with E-state index >= 15 is 0 Å². The summed E-state index contributed by atoms with van der Waals surface area (Å²) in [6, 6.07) is 0. The molecule has 0 amide bonds. The van der Waals surface area contributed by atoms with E-state index in [0.29, 0.717) is 0 Å². The van der Waals surface area contributed by atoms with Crippen LogP contribution in [0, 0.1) is 5.63 Å². The Morgan fingerprint density at radius 3 is 2.57 bits per heavy atom. The molecule has 0 bridgehead atoms. The Morgan fingerprint density at radius 1 is 1.43 bits per heavy atom. The SMILES string of the molecule is CCCCCC#P. The van der Waals surface area contributed by atoms with Crippen molar-refractivity contribution in [2.24, 2.45) is 0 Å². The van der Waals surface area contributed by atoms with Crippen LogP contribution in [0.25, 0.3) is 0 Å². The van der Waals surface area contributed by atoms with E-state index in [-0.39, 0.29) is 0 Å². The van der Waals surface area contributed by atoms with Gasteiger partial charge in [-0.25, -0.2) is 0 Å². The van der Waals surface area contributed by atoms with Gasteiger partial charge in [0.2, 0.25) is 0 Å². The van der Waals surface area contributed by atoms with Crippen molar-refractivity contribution in [1.82, 2.24) is 0 Å². The van der Waals surface area contributed by atoms with E-state index in [9.17, 15) is 0 Å². The van der Waals surface area contributed by atoms with E-state index in [4.69, 9.17) is 0 Å². The first kappa shape index (κ1) is 7.21. The summed E-state index contributed by atoms with van der Waals surface area (Å²) in [6.45, 7) is 2.19. The summed E-state index contributed by atoms with van der Waals surface area (Å²) < 4.78 is 0. The molecule has 0 radical (unpaired) electrons. The molecule has 0 spiro atoms. The van der Waals surface area contributed by atoms with Gasteiger partial charge >= 0.3 is 46.9 Å². The van der Waals surface area contributed by atoms with Crippen LogP contribution < -0.4 is 0 Å². The van der Waals surface area contributed by atoms with Gasteiger partial charge in [0.15, 0.2) is 0 Å². The number of hydrogen-bond donors (Lipinski definition) is 0. The van der Waals surface area contributed by atoms with Crippen LogP contribution in [0.2, 0.25) is 0 Å². The number of rotatable bonds is 3. The van der Waals surface area contributed by atoms with Crippen LogP contribution in [-0.2, 0) is 0 Å². The van der Waals surface area contributed by atoms with Crippen LogP contribution in [0.5, 0.6) is 0 Å². The van der Waals surface area contributed by atoms with Gasteiger partial charge in [0.1, 0.15) is 0 Å². The standard InChI is InChI=1S/C6H11P/c1-2-3-4-5-6-7/h2-5H2,1H3. The quantitative estimate of drug-likeness (QED) is 0.391. The van der Waals surface area contributed by atoms with Crippen LogP contribution in [-0.4, -0.2) is 0 Å². The summed E-state index contributed by atoms with van der Waals surface area (Å²) in [5, 5.41) is 0. The summed E-state index contributed by atoms with van der Waals surface area (Å²) in [4.78, 5) is 0. The molecule has 1 heteroatoms. The zero-order valence-corrected chi connectivity index (χ0v) is 5.67. The molecule has 0 rings (SSSR count). The van der Waals surface area contributed by atoms with Crippen LogP contribution in [0.1, 0.15) is 32.6 Å². The molecule has 0 aliphatic carbocycles. The van der Waals surface area contributed by atoms with Gasteiger partial charge in [-0.2, -0.15) is 0 Å².